The summed E-state index contributed by atoms with van der Waals surface area (Å²) in [7, 11) is 0. The van der Waals surface area contributed by atoms with Gasteiger partial charge in [0.05, 0.1) is 0 Å². The van der Waals surface area contributed by atoms with Crippen molar-refractivity contribution in [3.8, 4) is 0 Å². The van der Waals surface area contributed by atoms with Crippen molar-refractivity contribution >= 4 is 12.6 Å². The van der Waals surface area contributed by atoms with Crippen molar-refractivity contribution < 1.29 is 5.11 Å². The minimum Gasteiger partial charge on any atom is -0.396 e. The number of aliphatic hydroxyl groups excluding tert-OH is 1. The van der Waals surface area contributed by atoms with Crippen molar-refractivity contribution in [2.24, 2.45) is 5.41 Å². The molecule has 1 rings (SSSR count). The minimum atomic E-state index is 0.337. The number of aliphatic hydroxyl groups is 1. The highest BCUT2D eigenvalue weighted by Gasteiger charge is 2.32. The summed E-state index contributed by atoms with van der Waals surface area (Å²) in [6.07, 6.45) is 7.19. The first kappa shape index (κ1) is 15.3. The molecule has 1 fully saturated rings. The molecule has 17 heavy (non-hydrogen) atoms. The molecule has 3 heteroatoms. The van der Waals surface area contributed by atoms with E-state index in [0.717, 1.165) is 18.6 Å². The molecule has 1 heterocycles. The van der Waals surface area contributed by atoms with E-state index in [0.29, 0.717) is 18.1 Å². The summed E-state index contributed by atoms with van der Waals surface area (Å²) in [6.45, 7) is 7.35. The van der Waals surface area contributed by atoms with E-state index in [1.807, 2.05) is 0 Å². The number of hydrogen-bond acceptors (Lipinski definition) is 3. The molecule has 1 unspecified atom stereocenters. The third kappa shape index (κ3) is 4.15. The van der Waals surface area contributed by atoms with Gasteiger partial charge in [0.2, 0.25) is 0 Å². The lowest BCUT2D eigenvalue weighted by Crippen LogP contribution is -2.41. The van der Waals surface area contributed by atoms with Crippen molar-refractivity contribution in [3.05, 3.63) is 0 Å². The van der Waals surface area contributed by atoms with Crippen LogP contribution in [0.4, 0.5) is 0 Å². The lowest BCUT2D eigenvalue weighted by molar-refractivity contribution is 0.136. The number of hydrogen-bond donors (Lipinski definition) is 2. The van der Waals surface area contributed by atoms with Gasteiger partial charge in [0.25, 0.3) is 0 Å². The third-order valence-electron chi connectivity index (χ3n) is 4.57. The predicted octanol–water partition coefficient (Wildman–Crippen LogP) is 2.96. The van der Waals surface area contributed by atoms with Crippen LogP contribution in [0.1, 0.15) is 52.4 Å². The van der Waals surface area contributed by atoms with Gasteiger partial charge in [-0.3, -0.25) is 4.90 Å². The van der Waals surface area contributed by atoms with E-state index < -0.39 is 0 Å². The maximum Gasteiger partial charge on any atom is 0.0431 e. The van der Waals surface area contributed by atoms with Crippen LogP contribution in [0, 0.1) is 5.41 Å². The highest BCUT2D eigenvalue weighted by atomic mass is 32.1. The molecule has 0 radical (unpaired) electrons. The standard InChI is InChI=1S/C14H29NOS/c1-3-14(4-2,12-17)11-15-9-5-7-13(15)8-6-10-16/h13,16-17H,3-12H2,1-2H3. The zero-order valence-electron chi connectivity index (χ0n) is 11.5. The highest BCUT2D eigenvalue weighted by Crippen LogP contribution is 2.32. The van der Waals surface area contributed by atoms with Gasteiger partial charge in [-0.2, -0.15) is 12.6 Å². The van der Waals surface area contributed by atoms with Crippen LogP contribution in [-0.4, -0.2) is 41.5 Å². The summed E-state index contributed by atoms with van der Waals surface area (Å²) in [5.74, 6) is 0.989. The van der Waals surface area contributed by atoms with E-state index in [9.17, 15) is 0 Å². The fourth-order valence-electron chi connectivity index (χ4n) is 2.94. The van der Waals surface area contributed by atoms with Crippen LogP contribution in [0.3, 0.4) is 0 Å². The second kappa shape index (κ2) is 7.65. The van der Waals surface area contributed by atoms with Crippen LogP contribution in [0.25, 0.3) is 0 Å². The molecule has 0 aromatic rings. The van der Waals surface area contributed by atoms with Crippen LogP contribution >= 0.6 is 12.6 Å². The molecule has 0 aromatic carbocycles. The minimum absolute atomic E-state index is 0.337. The molecule has 102 valence electrons. The van der Waals surface area contributed by atoms with E-state index >= 15 is 0 Å². The Morgan fingerprint density at radius 2 is 2.06 bits per heavy atom. The highest BCUT2D eigenvalue weighted by molar-refractivity contribution is 7.80. The smallest absolute Gasteiger partial charge is 0.0431 e. The van der Waals surface area contributed by atoms with Crippen LogP contribution in [-0.2, 0) is 0 Å². The molecule has 1 saturated heterocycles. The first-order chi connectivity index (χ1) is 8.21. The topological polar surface area (TPSA) is 23.5 Å². The molecule has 0 aliphatic carbocycles. The van der Waals surface area contributed by atoms with Crippen LogP contribution in [0.5, 0.6) is 0 Å². The molecule has 0 bridgehead atoms. The Labute approximate surface area is 112 Å². The van der Waals surface area contributed by atoms with Gasteiger partial charge >= 0.3 is 0 Å². The molecular formula is C14H29NOS. The molecule has 0 saturated carbocycles. The predicted molar refractivity (Wildman–Crippen MR) is 77.8 cm³/mol. The summed E-state index contributed by atoms with van der Waals surface area (Å²) in [6, 6.07) is 0.708. The van der Waals surface area contributed by atoms with Gasteiger partial charge in [-0.25, -0.2) is 0 Å². The summed E-state index contributed by atoms with van der Waals surface area (Å²) >= 11 is 4.57. The van der Waals surface area contributed by atoms with Gasteiger partial charge in [0.1, 0.15) is 0 Å². The summed E-state index contributed by atoms with van der Waals surface area (Å²) in [4.78, 5) is 2.65. The summed E-state index contributed by atoms with van der Waals surface area (Å²) in [5.41, 5.74) is 0.394. The largest absolute Gasteiger partial charge is 0.396 e. The van der Waals surface area contributed by atoms with Crippen LogP contribution in [0.15, 0.2) is 0 Å². The second-order valence-electron chi connectivity index (χ2n) is 5.50. The van der Waals surface area contributed by atoms with Crippen LogP contribution in [0.2, 0.25) is 0 Å². The zero-order valence-corrected chi connectivity index (χ0v) is 12.4. The van der Waals surface area contributed by atoms with E-state index in [-0.39, 0.29) is 0 Å². The van der Waals surface area contributed by atoms with Crippen molar-refractivity contribution in [1.82, 2.24) is 4.90 Å². The van der Waals surface area contributed by atoms with E-state index in [1.54, 1.807) is 0 Å². The van der Waals surface area contributed by atoms with Gasteiger partial charge < -0.3 is 5.11 Å². The number of rotatable bonds is 8. The Balaban J connectivity index is 2.52. The Bertz CT molecular complexity index is 198. The fraction of sp³-hybridized carbons (Fsp3) is 1.00. The molecular weight excluding hydrogens is 230 g/mol. The van der Waals surface area contributed by atoms with Gasteiger partial charge in [-0.15, -0.1) is 0 Å². The van der Waals surface area contributed by atoms with Gasteiger partial charge in [0.15, 0.2) is 0 Å². The molecule has 0 spiro atoms. The Morgan fingerprint density at radius 3 is 2.59 bits per heavy atom. The zero-order chi connectivity index (χ0) is 12.7. The maximum absolute atomic E-state index is 8.95. The SMILES string of the molecule is CCC(CC)(CS)CN1CCCC1CCCO. The molecule has 0 aromatic heterocycles. The Kier molecular flexibility index (Phi) is 6.90. The molecule has 2 nitrogen and oxygen atoms in total. The number of likely N-dealkylation sites (tertiary alicyclic amines) is 1. The third-order valence-corrected chi connectivity index (χ3v) is 5.24. The van der Waals surface area contributed by atoms with Gasteiger partial charge in [-0.05, 0) is 56.2 Å². The molecule has 1 aliphatic heterocycles. The Morgan fingerprint density at radius 1 is 1.35 bits per heavy atom. The molecule has 1 aliphatic rings. The van der Waals surface area contributed by atoms with E-state index in [1.165, 1.54) is 38.8 Å². The van der Waals surface area contributed by atoms with Crippen LogP contribution < -0.4 is 0 Å². The van der Waals surface area contributed by atoms with Crippen molar-refractivity contribution in [2.45, 2.75) is 58.4 Å². The van der Waals surface area contributed by atoms with Gasteiger partial charge in [-0.1, -0.05) is 13.8 Å². The normalized spacial score (nSPS) is 22.2. The molecule has 0 amide bonds. The van der Waals surface area contributed by atoms with E-state index in [4.69, 9.17) is 5.11 Å². The van der Waals surface area contributed by atoms with E-state index in [2.05, 4.69) is 31.4 Å². The monoisotopic (exact) mass is 259 g/mol. The fourth-order valence-corrected chi connectivity index (χ4v) is 3.48. The lowest BCUT2D eigenvalue weighted by Gasteiger charge is -2.37. The second-order valence-corrected chi connectivity index (χ2v) is 5.81. The van der Waals surface area contributed by atoms with Crippen molar-refractivity contribution in [1.29, 1.82) is 0 Å². The summed E-state index contributed by atoms with van der Waals surface area (Å²) < 4.78 is 0. The maximum atomic E-state index is 8.95. The quantitative estimate of drug-likeness (QED) is 0.655. The van der Waals surface area contributed by atoms with Gasteiger partial charge in [0, 0.05) is 19.2 Å². The first-order valence-electron chi connectivity index (χ1n) is 7.17. The summed E-state index contributed by atoms with van der Waals surface area (Å²) in [5, 5.41) is 8.95. The number of nitrogens with zero attached hydrogens (tertiary/aromatic N) is 1. The average molecular weight is 259 g/mol. The average Bonchev–Trinajstić information content (AvgIpc) is 2.80. The van der Waals surface area contributed by atoms with Crippen molar-refractivity contribution in [2.75, 3.05) is 25.4 Å². The van der Waals surface area contributed by atoms with Crippen molar-refractivity contribution in [3.63, 3.8) is 0 Å². The number of thiol groups is 1. The molecule has 1 atom stereocenters. The lowest BCUT2D eigenvalue weighted by atomic mass is 9.83. The molecule has 1 N–H and O–H groups in total. The Hall–Kier alpha value is 0.270. The first-order valence-corrected chi connectivity index (χ1v) is 7.80.